The third kappa shape index (κ3) is 2.35. The summed E-state index contributed by atoms with van der Waals surface area (Å²) in [5, 5.41) is 8.87. The number of nitrogens with zero attached hydrogens (tertiary/aromatic N) is 7. The van der Waals surface area contributed by atoms with Gasteiger partial charge in [0.05, 0.1) is 35.3 Å². The quantitative estimate of drug-likeness (QED) is 0.450. The van der Waals surface area contributed by atoms with E-state index in [4.69, 9.17) is 13.5 Å². The Morgan fingerprint density at radius 2 is 2.03 bits per heavy atom. The summed E-state index contributed by atoms with van der Waals surface area (Å²) in [5.41, 5.74) is 3.66. The lowest BCUT2D eigenvalue weighted by Crippen LogP contribution is -1.90. The standard InChI is InChI=1S/C19H11N7O3/c1-10-16-11(7-12(14-3-2-6-27-14)22-19(16)29-24-10)18-23-17(25-28-18)13-8-21-15-9-20-4-5-26(13)15/h2-9H,1H3. The molecule has 0 aromatic carbocycles. The Hall–Kier alpha value is -4.34. The van der Waals surface area contributed by atoms with E-state index in [1.165, 1.54) is 0 Å². The number of rotatable bonds is 3. The van der Waals surface area contributed by atoms with Crippen LogP contribution in [0.2, 0.25) is 0 Å². The van der Waals surface area contributed by atoms with Crippen molar-refractivity contribution in [3.63, 3.8) is 0 Å². The summed E-state index contributed by atoms with van der Waals surface area (Å²) in [6, 6.07) is 5.42. The molecule has 0 spiro atoms. The van der Waals surface area contributed by atoms with Crippen molar-refractivity contribution < 1.29 is 13.5 Å². The first-order valence-electron chi connectivity index (χ1n) is 8.70. The molecule has 29 heavy (non-hydrogen) atoms. The minimum Gasteiger partial charge on any atom is -0.463 e. The summed E-state index contributed by atoms with van der Waals surface area (Å²) in [4.78, 5) is 17.4. The molecule has 0 aliphatic carbocycles. The second-order valence-electron chi connectivity index (χ2n) is 6.35. The van der Waals surface area contributed by atoms with Gasteiger partial charge in [-0.1, -0.05) is 10.3 Å². The summed E-state index contributed by atoms with van der Waals surface area (Å²) in [7, 11) is 0. The molecule has 6 heterocycles. The van der Waals surface area contributed by atoms with E-state index in [1.54, 1.807) is 37.1 Å². The first-order chi connectivity index (χ1) is 14.3. The fourth-order valence-corrected chi connectivity index (χ4v) is 3.26. The van der Waals surface area contributed by atoms with Gasteiger partial charge in [-0.2, -0.15) is 4.98 Å². The molecule has 6 aromatic heterocycles. The first-order valence-corrected chi connectivity index (χ1v) is 8.70. The van der Waals surface area contributed by atoms with Crippen LogP contribution in [0.4, 0.5) is 0 Å². The second-order valence-corrected chi connectivity index (χ2v) is 6.35. The van der Waals surface area contributed by atoms with E-state index in [9.17, 15) is 0 Å². The van der Waals surface area contributed by atoms with E-state index < -0.39 is 0 Å². The van der Waals surface area contributed by atoms with Gasteiger partial charge in [0.15, 0.2) is 11.4 Å². The van der Waals surface area contributed by atoms with Crippen LogP contribution >= 0.6 is 0 Å². The van der Waals surface area contributed by atoms with Crippen molar-refractivity contribution >= 4 is 16.7 Å². The van der Waals surface area contributed by atoms with Crippen LogP contribution in [-0.2, 0) is 0 Å². The number of imidazole rings is 1. The van der Waals surface area contributed by atoms with Gasteiger partial charge in [-0.3, -0.25) is 9.38 Å². The summed E-state index contributed by atoms with van der Waals surface area (Å²) >= 11 is 0. The fraction of sp³-hybridized carbons (Fsp3) is 0.0526. The molecule has 0 amide bonds. The minimum absolute atomic E-state index is 0.315. The Morgan fingerprint density at radius 1 is 1.07 bits per heavy atom. The van der Waals surface area contributed by atoms with E-state index in [0.717, 1.165) is 0 Å². The Kier molecular flexibility index (Phi) is 3.15. The third-order valence-electron chi connectivity index (χ3n) is 4.59. The topological polar surface area (TPSA) is 121 Å². The smallest absolute Gasteiger partial charge is 0.259 e. The molecule has 0 aliphatic rings. The molecular weight excluding hydrogens is 374 g/mol. The van der Waals surface area contributed by atoms with Crippen LogP contribution in [0.1, 0.15) is 5.69 Å². The zero-order chi connectivity index (χ0) is 19.4. The normalized spacial score (nSPS) is 11.6. The highest BCUT2D eigenvalue weighted by Crippen LogP contribution is 2.34. The molecule has 0 aliphatic heterocycles. The fourth-order valence-electron chi connectivity index (χ4n) is 3.26. The molecule has 10 heteroatoms. The highest BCUT2D eigenvalue weighted by atomic mass is 16.5. The van der Waals surface area contributed by atoms with Crippen LogP contribution in [0, 0.1) is 6.92 Å². The SMILES string of the molecule is Cc1noc2nc(-c3ccco3)cc(-c3nc(-c4cnc5cnccn45)no3)c12. The van der Waals surface area contributed by atoms with Crippen molar-refractivity contribution in [3.05, 3.63) is 54.9 Å². The van der Waals surface area contributed by atoms with Crippen molar-refractivity contribution in [2.75, 3.05) is 0 Å². The molecule has 0 saturated carbocycles. The Labute approximate surface area is 161 Å². The van der Waals surface area contributed by atoms with Crippen molar-refractivity contribution in [1.29, 1.82) is 0 Å². The van der Waals surface area contributed by atoms with Gasteiger partial charge >= 0.3 is 0 Å². The van der Waals surface area contributed by atoms with Gasteiger partial charge in [0.1, 0.15) is 11.4 Å². The largest absolute Gasteiger partial charge is 0.463 e. The Morgan fingerprint density at radius 3 is 2.93 bits per heavy atom. The monoisotopic (exact) mass is 385 g/mol. The van der Waals surface area contributed by atoms with E-state index in [0.29, 0.717) is 56.9 Å². The van der Waals surface area contributed by atoms with Crippen LogP contribution in [-0.4, -0.2) is 34.6 Å². The summed E-state index contributed by atoms with van der Waals surface area (Å²) in [6.45, 7) is 1.83. The van der Waals surface area contributed by atoms with Crippen LogP contribution in [0.15, 0.2) is 62.7 Å². The van der Waals surface area contributed by atoms with Crippen LogP contribution in [0.5, 0.6) is 0 Å². The molecule has 140 valence electrons. The highest BCUT2D eigenvalue weighted by Gasteiger charge is 2.22. The van der Waals surface area contributed by atoms with Crippen molar-refractivity contribution in [2.24, 2.45) is 0 Å². The molecule has 0 unspecified atom stereocenters. The number of furan rings is 1. The van der Waals surface area contributed by atoms with Crippen LogP contribution in [0.25, 0.3) is 51.2 Å². The molecule has 0 atom stereocenters. The van der Waals surface area contributed by atoms with Crippen molar-refractivity contribution in [3.8, 4) is 34.4 Å². The van der Waals surface area contributed by atoms with Gasteiger partial charge in [0, 0.05) is 12.4 Å². The summed E-state index contributed by atoms with van der Waals surface area (Å²) in [5.74, 6) is 1.31. The maximum Gasteiger partial charge on any atom is 0.259 e. The summed E-state index contributed by atoms with van der Waals surface area (Å²) in [6.07, 6.45) is 8.37. The Balaban J connectivity index is 1.55. The van der Waals surface area contributed by atoms with E-state index in [1.807, 2.05) is 23.5 Å². The minimum atomic E-state index is 0.315. The molecule has 0 N–H and O–H groups in total. The van der Waals surface area contributed by atoms with Crippen LogP contribution < -0.4 is 0 Å². The molecule has 0 saturated heterocycles. The number of hydrogen-bond acceptors (Lipinski definition) is 9. The number of aryl methyl sites for hydroxylation is 1. The molecule has 6 aromatic rings. The third-order valence-corrected chi connectivity index (χ3v) is 4.59. The maximum atomic E-state index is 5.58. The molecular formula is C19H11N7O3. The Bertz CT molecular complexity index is 1480. The van der Waals surface area contributed by atoms with Gasteiger partial charge in [-0.15, -0.1) is 0 Å². The van der Waals surface area contributed by atoms with Gasteiger partial charge in [0.25, 0.3) is 11.6 Å². The van der Waals surface area contributed by atoms with Gasteiger partial charge < -0.3 is 13.5 Å². The van der Waals surface area contributed by atoms with E-state index in [-0.39, 0.29) is 0 Å². The molecule has 0 bridgehead atoms. The van der Waals surface area contributed by atoms with Gasteiger partial charge in [-0.05, 0) is 25.1 Å². The lowest BCUT2D eigenvalue weighted by atomic mass is 10.1. The molecule has 0 fully saturated rings. The lowest BCUT2D eigenvalue weighted by molar-refractivity contribution is 0.432. The molecule has 0 radical (unpaired) electrons. The van der Waals surface area contributed by atoms with E-state index >= 15 is 0 Å². The van der Waals surface area contributed by atoms with E-state index in [2.05, 4.69) is 30.2 Å². The van der Waals surface area contributed by atoms with Crippen LogP contribution in [0.3, 0.4) is 0 Å². The average molecular weight is 385 g/mol. The zero-order valence-electron chi connectivity index (χ0n) is 15.0. The zero-order valence-corrected chi connectivity index (χ0v) is 15.0. The highest BCUT2D eigenvalue weighted by molar-refractivity contribution is 5.93. The number of pyridine rings is 1. The molecule has 10 nitrogen and oxygen atoms in total. The van der Waals surface area contributed by atoms with Gasteiger partial charge in [0.2, 0.25) is 5.82 Å². The van der Waals surface area contributed by atoms with Crippen molar-refractivity contribution in [2.45, 2.75) is 6.92 Å². The molecule has 6 rings (SSSR count). The number of hydrogen-bond donors (Lipinski definition) is 0. The second kappa shape index (κ2) is 5.83. The van der Waals surface area contributed by atoms with Gasteiger partial charge in [-0.25, -0.2) is 9.97 Å². The number of aromatic nitrogens is 7. The average Bonchev–Trinajstić information content (AvgIpc) is 3.53. The first kappa shape index (κ1) is 15.7. The summed E-state index contributed by atoms with van der Waals surface area (Å²) < 4.78 is 18.3. The number of fused-ring (bicyclic) bond motifs is 2. The predicted molar refractivity (Wildman–Crippen MR) is 99.5 cm³/mol. The maximum absolute atomic E-state index is 5.58. The lowest BCUT2D eigenvalue weighted by Gasteiger charge is -2.01. The van der Waals surface area contributed by atoms with Crippen molar-refractivity contribution in [1.82, 2.24) is 34.6 Å². The predicted octanol–water partition coefficient (Wildman–Crippen LogP) is 3.55.